The van der Waals surface area contributed by atoms with E-state index in [0.717, 1.165) is 25.6 Å². The first-order valence-electron chi connectivity index (χ1n) is 5.96. The van der Waals surface area contributed by atoms with Crippen LogP contribution in [0.5, 0.6) is 0 Å². The second-order valence-electron chi connectivity index (χ2n) is 4.96. The van der Waals surface area contributed by atoms with E-state index in [0.29, 0.717) is 0 Å². The number of morpholine rings is 1. The van der Waals surface area contributed by atoms with Gasteiger partial charge in [0, 0.05) is 19.6 Å². The van der Waals surface area contributed by atoms with E-state index in [2.05, 4.69) is 10.2 Å². The minimum absolute atomic E-state index is 0.198. The van der Waals surface area contributed by atoms with Gasteiger partial charge < -0.3 is 15.0 Å². The number of nitrogens with zero attached hydrogens (tertiary/aromatic N) is 1. The highest BCUT2D eigenvalue weighted by atomic mass is 16.5. The van der Waals surface area contributed by atoms with Crippen molar-refractivity contribution in [2.45, 2.75) is 24.9 Å². The monoisotopic (exact) mass is 196 g/mol. The Morgan fingerprint density at radius 3 is 2.79 bits per heavy atom. The third-order valence-electron chi connectivity index (χ3n) is 4.28. The number of fused-ring (bicyclic) bond motifs is 3. The van der Waals surface area contributed by atoms with E-state index < -0.39 is 0 Å². The lowest BCUT2D eigenvalue weighted by molar-refractivity contribution is -0.106. The molecule has 1 spiro atoms. The summed E-state index contributed by atoms with van der Waals surface area (Å²) in [6.07, 6.45) is 3.94. The Kier molecular flexibility index (Phi) is 2.26. The van der Waals surface area contributed by atoms with Gasteiger partial charge in [0.2, 0.25) is 0 Å². The normalized spacial score (nSPS) is 48.0. The predicted molar refractivity (Wildman–Crippen MR) is 55.3 cm³/mol. The summed E-state index contributed by atoms with van der Waals surface area (Å²) in [7, 11) is 0. The minimum Gasteiger partial charge on any atom is -0.372 e. The van der Waals surface area contributed by atoms with E-state index in [4.69, 9.17) is 4.74 Å². The van der Waals surface area contributed by atoms with Crippen molar-refractivity contribution in [2.24, 2.45) is 5.92 Å². The molecule has 4 saturated heterocycles. The smallest absolute Gasteiger partial charge is 0.0847 e. The van der Waals surface area contributed by atoms with Gasteiger partial charge in [0.15, 0.2) is 0 Å². The summed E-state index contributed by atoms with van der Waals surface area (Å²) in [5.74, 6) is 0.814. The van der Waals surface area contributed by atoms with Crippen LogP contribution in [0, 0.1) is 5.92 Å². The van der Waals surface area contributed by atoms with Gasteiger partial charge in [-0.25, -0.2) is 0 Å². The molecular weight excluding hydrogens is 176 g/mol. The number of hydrogen-bond acceptors (Lipinski definition) is 3. The van der Waals surface area contributed by atoms with Crippen molar-refractivity contribution in [3.05, 3.63) is 0 Å². The van der Waals surface area contributed by atoms with Crippen molar-refractivity contribution >= 4 is 0 Å². The fourth-order valence-electron chi connectivity index (χ4n) is 3.33. The standard InChI is InChI=1S/C11H20N2O/c1-5-13-6-2-10(1)11(3-7-13)9-12-4-8-14-11/h10,12H,1-9H2. The quantitative estimate of drug-likeness (QED) is 0.609. The SMILES string of the molecule is C1COC2(CCN3CCC2CC3)CN1. The van der Waals surface area contributed by atoms with Gasteiger partial charge in [-0.1, -0.05) is 0 Å². The van der Waals surface area contributed by atoms with Gasteiger partial charge in [0.1, 0.15) is 0 Å². The molecule has 4 aliphatic heterocycles. The molecule has 4 aliphatic rings. The predicted octanol–water partition coefficient (Wildman–Crippen LogP) is 0.461. The van der Waals surface area contributed by atoms with Crippen molar-refractivity contribution in [3.63, 3.8) is 0 Å². The number of hydrogen-bond donors (Lipinski definition) is 1. The largest absolute Gasteiger partial charge is 0.372 e. The lowest BCUT2D eigenvalue weighted by atomic mass is 9.80. The molecule has 1 N–H and O–H groups in total. The van der Waals surface area contributed by atoms with Crippen molar-refractivity contribution in [1.29, 1.82) is 0 Å². The number of nitrogens with one attached hydrogen (secondary N) is 1. The molecule has 14 heavy (non-hydrogen) atoms. The van der Waals surface area contributed by atoms with E-state index in [1.54, 1.807) is 0 Å². The molecule has 1 unspecified atom stereocenters. The van der Waals surface area contributed by atoms with Crippen LogP contribution in [0.15, 0.2) is 0 Å². The van der Waals surface area contributed by atoms with Crippen molar-refractivity contribution in [2.75, 3.05) is 39.3 Å². The van der Waals surface area contributed by atoms with Crippen LogP contribution >= 0.6 is 0 Å². The molecule has 4 fully saturated rings. The molecule has 0 amide bonds. The molecule has 0 aromatic carbocycles. The highest BCUT2D eigenvalue weighted by Gasteiger charge is 2.45. The zero-order valence-corrected chi connectivity index (χ0v) is 8.80. The van der Waals surface area contributed by atoms with Crippen LogP contribution in [0.2, 0.25) is 0 Å². The Morgan fingerprint density at radius 2 is 2.07 bits per heavy atom. The zero-order chi connectivity index (χ0) is 9.43. The minimum atomic E-state index is 0.198. The summed E-state index contributed by atoms with van der Waals surface area (Å²) in [6, 6.07) is 0. The van der Waals surface area contributed by atoms with Gasteiger partial charge >= 0.3 is 0 Å². The number of rotatable bonds is 0. The molecule has 0 aliphatic carbocycles. The van der Waals surface area contributed by atoms with Gasteiger partial charge in [-0.2, -0.15) is 0 Å². The average Bonchev–Trinajstić information content (AvgIpc) is 2.52. The molecule has 1 atom stereocenters. The Morgan fingerprint density at radius 1 is 1.21 bits per heavy atom. The molecule has 4 heterocycles. The Balaban J connectivity index is 1.82. The first-order chi connectivity index (χ1) is 6.89. The molecule has 2 bridgehead atoms. The second-order valence-corrected chi connectivity index (χ2v) is 4.96. The van der Waals surface area contributed by atoms with Crippen molar-refractivity contribution < 1.29 is 4.74 Å². The Bertz CT molecular complexity index is 205. The molecule has 80 valence electrons. The van der Waals surface area contributed by atoms with Crippen LogP contribution in [0.1, 0.15) is 19.3 Å². The van der Waals surface area contributed by atoms with E-state index >= 15 is 0 Å². The molecule has 4 rings (SSSR count). The summed E-state index contributed by atoms with van der Waals surface area (Å²) >= 11 is 0. The highest BCUT2D eigenvalue weighted by molar-refractivity contribution is 4.98. The van der Waals surface area contributed by atoms with Crippen LogP contribution < -0.4 is 5.32 Å². The maximum atomic E-state index is 6.13. The molecule has 0 aromatic rings. The van der Waals surface area contributed by atoms with E-state index in [1.165, 1.54) is 38.9 Å². The van der Waals surface area contributed by atoms with Crippen LogP contribution in [-0.4, -0.2) is 49.8 Å². The number of ether oxygens (including phenoxy) is 1. The summed E-state index contributed by atoms with van der Waals surface area (Å²) in [6.45, 7) is 6.89. The van der Waals surface area contributed by atoms with Crippen molar-refractivity contribution in [1.82, 2.24) is 10.2 Å². The molecule has 3 nitrogen and oxygen atoms in total. The molecule has 0 saturated carbocycles. The average molecular weight is 196 g/mol. The van der Waals surface area contributed by atoms with E-state index in [1.807, 2.05) is 0 Å². The second kappa shape index (κ2) is 3.47. The van der Waals surface area contributed by atoms with E-state index in [9.17, 15) is 0 Å². The molecule has 0 radical (unpaired) electrons. The van der Waals surface area contributed by atoms with Gasteiger partial charge in [-0.05, 0) is 38.3 Å². The van der Waals surface area contributed by atoms with E-state index in [-0.39, 0.29) is 5.60 Å². The maximum absolute atomic E-state index is 6.13. The maximum Gasteiger partial charge on any atom is 0.0847 e. The zero-order valence-electron chi connectivity index (χ0n) is 8.80. The Labute approximate surface area is 85.8 Å². The summed E-state index contributed by atoms with van der Waals surface area (Å²) < 4.78 is 6.13. The first-order valence-corrected chi connectivity index (χ1v) is 5.96. The van der Waals surface area contributed by atoms with Crippen LogP contribution in [0.25, 0.3) is 0 Å². The van der Waals surface area contributed by atoms with Crippen LogP contribution in [-0.2, 0) is 4.74 Å². The topological polar surface area (TPSA) is 24.5 Å². The highest BCUT2D eigenvalue weighted by Crippen LogP contribution is 2.38. The van der Waals surface area contributed by atoms with Gasteiger partial charge in [0.25, 0.3) is 0 Å². The third kappa shape index (κ3) is 1.38. The van der Waals surface area contributed by atoms with Crippen molar-refractivity contribution in [3.8, 4) is 0 Å². The molecule has 3 heteroatoms. The van der Waals surface area contributed by atoms with Gasteiger partial charge in [0.05, 0.1) is 12.2 Å². The third-order valence-corrected chi connectivity index (χ3v) is 4.28. The summed E-state index contributed by atoms with van der Waals surface area (Å²) in [4.78, 5) is 2.60. The van der Waals surface area contributed by atoms with Gasteiger partial charge in [-0.15, -0.1) is 0 Å². The van der Waals surface area contributed by atoms with Crippen LogP contribution in [0.4, 0.5) is 0 Å². The lowest BCUT2D eigenvalue weighted by Crippen LogP contribution is -2.54. The Hall–Kier alpha value is -0.120. The first kappa shape index (κ1) is 9.13. The van der Waals surface area contributed by atoms with Gasteiger partial charge in [-0.3, -0.25) is 0 Å². The molecular formula is C11H20N2O. The lowest BCUT2D eigenvalue weighted by Gasteiger charge is -2.42. The summed E-state index contributed by atoms with van der Waals surface area (Å²) in [5, 5.41) is 3.51. The fourth-order valence-corrected chi connectivity index (χ4v) is 3.33. The number of piperidine rings is 1. The molecule has 0 aromatic heterocycles. The van der Waals surface area contributed by atoms with Crippen LogP contribution in [0.3, 0.4) is 0 Å². The summed E-state index contributed by atoms with van der Waals surface area (Å²) in [5.41, 5.74) is 0.198. The fraction of sp³-hybridized carbons (Fsp3) is 1.00.